The van der Waals surface area contributed by atoms with E-state index in [1.807, 2.05) is 12.1 Å². The monoisotopic (exact) mass is 300 g/mol. The summed E-state index contributed by atoms with van der Waals surface area (Å²) >= 11 is 1.76. The minimum Gasteiger partial charge on any atom is -0.384 e. The number of benzene rings is 1. The fraction of sp³-hybridized carbons (Fsp3) is 0.353. The van der Waals surface area contributed by atoms with Crippen LogP contribution in [0.4, 0.5) is 5.69 Å². The number of carbonyl (C=O) groups excluding carboxylic acids is 1. The molecule has 0 saturated heterocycles. The van der Waals surface area contributed by atoms with Crippen molar-refractivity contribution in [1.29, 1.82) is 0 Å². The highest BCUT2D eigenvalue weighted by atomic mass is 32.1. The molecule has 0 bridgehead atoms. The molecule has 110 valence electrons. The number of anilines is 1. The zero-order chi connectivity index (χ0) is 14.8. The number of nitrogens with one attached hydrogen (secondary N) is 2. The molecule has 1 unspecified atom stereocenters. The molecular weight excluding hydrogens is 280 g/mol. The Morgan fingerprint density at radius 3 is 2.95 bits per heavy atom. The van der Waals surface area contributed by atoms with Crippen molar-refractivity contribution < 1.29 is 4.79 Å². The first-order chi connectivity index (χ1) is 10.1. The van der Waals surface area contributed by atoms with Crippen LogP contribution in [0.1, 0.15) is 33.2 Å². The van der Waals surface area contributed by atoms with Gasteiger partial charge < -0.3 is 10.6 Å². The first-order valence-electron chi connectivity index (χ1n) is 7.29. The van der Waals surface area contributed by atoms with Crippen LogP contribution in [-0.2, 0) is 11.3 Å². The maximum Gasteiger partial charge on any atom is 0.220 e. The zero-order valence-electron chi connectivity index (χ0n) is 12.4. The van der Waals surface area contributed by atoms with E-state index in [0.29, 0.717) is 13.0 Å². The van der Waals surface area contributed by atoms with Crippen LogP contribution in [0.15, 0.2) is 30.3 Å². The first kappa shape index (κ1) is 14.1. The lowest BCUT2D eigenvalue weighted by atomic mass is 9.97. The van der Waals surface area contributed by atoms with Crippen LogP contribution in [0.3, 0.4) is 0 Å². The number of amides is 1. The molecule has 0 fully saturated rings. The third-order valence-electron chi connectivity index (χ3n) is 4.05. The van der Waals surface area contributed by atoms with Crippen LogP contribution < -0.4 is 10.6 Å². The predicted octanol–water partition coefficient (Wildman–Crippen LogP) is 3.58. The molecule has 0 spiro atoms. The molecule has 1 aromatic heterocycles. The Morgan fingerprint density at radius 1 is 1.38 bits per heavy atom. The van der Waals surface area contributed by atoms with E-state index in [0.717, 1.165) is 6.54 Å². The molecule has 1 atom stereocenters. The highest BCUT2D eigenvalue weighted by molar-refractivity contribution is 7.12. The molecule has 1 aliphatic rings. The normalized spacial score (nSPS) is 16.4. The van der Waals surface area contributed by atoms with Gasteiger partial charge in [0.25, 0.3) is 0 Å². The molecule has 2 aromatic rings. The van der Waals surface area contributed by atoms with Crippen LogP contribution in [-0.4, -0.2) is 12.5 Å². The summed E-state index contributed by atoms with van der Waals surface area (Å²) in [5, 5.41) is 6.40. The third-order valence-corrected chi connectivity index (χ3v) is 5.20. The van der Waals surface area contributed by atoms with E-state index in [4.69, 9.17) is 0 Å². The Hall–Kier alpha value is -1.81. The summed E-state index contributed by atoms with van der Waals surface area (Å²) in [6.45, 7) is 5.72. The second kappa shape index (κ2) is 5.90. The summed E-state index contributed by atoms with van der Waals surface area (Å²) in [4.78, 5) is 14.7. The molecule has 0 saturated carbocycles. The molecule has 0 radical (unpaired) electrons. The molecule has 3 rings (SSSR count). The van der Waals surface area contributed by atoms with E-state index >= 15 is 0 Å². The summed E-state index contributed by atoms with van der Waals surface area (Å²) in [5.74, 6) is 0.412. The summed E-state index contributed by atoms with van der Waals surface area (Å²) in [6, 6.07) is 10.4. The maximum atomic E-state index is 12.1. The van der Waals surface area contributed by atoms with Crippen LogP contribution in [0.2, 0.25) is 0 Å². The maximum absolute atomic E-state index is 12.1. The highest BCUT2D eigenvalue weighted by Gasteiger charge is 2.23. The Bertz CT molecular complexity index is 643. The van der Waals surface area contributed by atoms with Crippen molar-refractivity contribution in [1.82, 2.24) is 5.32 Å². The topological polar surface area (TPSA) is 41.1 Å². The number of hydrogen-bond acceptors (Lipinski definition) is 3. The Balaban J connectivity index is 1.55. The van der Waals surface area contributed by atoms with Crippen molar-refractivity contribution in [3.63, 3.8) is 0 Å². The van der Waals surface area contributed by atoms with Gasteiger partial charge in [0.2, 0.25) is 5.91 Å². The van der Waals surface area contributed by atoms with Crippen LogP contribution in [0, 0.1) is 13.8 Å². The predicted molar refractivity (Wildman–Crippen MR) is 87.9 cm³/mol. The number of thiophene rings is 1. The van der Waals surface area contributed by atoms with Gasteiger partial charge in [0.15, 0.2) is 0 Å². The average molecular weight is 300 g/mol. The molecule has 21 heavy (non-hydrogen) atoms. The number of aryl methyl sites for hydroxylation is 2. The summed E-state index contributed by atoms with van der Waals surface area (Å²) < 4.78 is 0. The van der Waals surface area contributed by atoms with E-state index < -0.39 is 0 Å². The Kier molecular flexibility index (Phi) is 3.97. The van der Waals surface area contributed by atoms with Crippen molar-refractivity contribution in [2.24, 2.45) is 0 Å². The molecule has 1 amide bonds. The summed E-state index contributed by atoms with van der Waals surface area (Å²) in [6.07, 6.45) is 0.549. The van der Waals surface area contributed by atoms with Gasteiger partial charge in [-0.2, -0.15) is 0 Å². The molecule has 0 aliphatic carbocycles. The lowest BCUT2D eigenvalue weighted by molar-refractivity contribution is -0.121. The SMILES string of the molecule is Cc1cc(CNC(=O)CC2CNc3ccccc32)sc1C. The van der Waals surface area contributed by atoms with Gasteiger partial charge in [0, 0.05) is 34.3 Å². The Morgan fingerprint density at radius 2 is 2.19 bits per heavy atom. The fourth-order valence-electron chi connectivity index (χ4n) is 2.76. The van der Waals surface area contributed by atoms with Gasteiger partial charge in [-0.25, -0.2) is 0 Å². The number of para-hydroxylation sites is 1. The molecular formula is C17H20N2OS. The number of fused-ring (bicyclic) bond motifs is 1. The van der Waals surface area contributed by atoms with E-state index in [1.165, 1.54) is 26.6 Å². The average Bonchev–Trinajstić information content (AvgIpc) is 3.02. The molecule has 1 aliphatic heterocycles. The third kappa shape index (κ3) is 3.10. The van der Waals surface area contributed by atoms with Gasteiger partial charge in [-0.1, -0.05) is 18.2 Å². The van der Waals surface area contributed by atoms with Crippen molar-refractivity contribution >= 4 is 22.9 Å². The van der Waals surface area contributed by atoms with Crippen LogP contribution in [0.5, 0.6) is 0 Å². The largest absolute Gasteiger partial charge is 0.384 e. The molecule has 4 heteroatoms. The lowest BCUT2D eigenvalue weighted by Crippen LogP contribution is -2.24. The van der Waals surface area contributed by atoms with E-state index in [1.54, 1.807) is 11.3 Å². The van der Waals surface area contributed by atoms with Gasteiger partial charge in [0.05, 0.1) is 6.54 Å². The van der Waals surface area contributed by atoms with Gasteiger partial charge >= 0.3 is 0 Å². The van der Waals surface area contributed by atoms with Crippen molar-refractivity contribution in [2.75, 3.05) is 11.9 Å². The van der Waals surface area contributed by atoms with Crippen molar-refractivity contribution in [3.8, 4) is 0 Å². The zero-order valence-corrected chi connectivity index (χ0v) is 13.2. The fourth-order valence-corrected chi connectivity index (χ4v) is 3.75. The second-order valence-electron chi connectivity index (χ2n) is 5.60. The van der Waals surface area contributed by atoms with E-state index in [9.17, 15) is 4.79 Å². The number of rotatable bonds is 4. The van der Waals surface area contributed by atoms with Gasteiger partial charge in [0.1, 0.15) is 0 Å². The molecule has 2 N–H and O–H groups in total. The molecule has 1 aromatic carbocycles. The van der Waals surface area contributed by atoms with Crippen molar-refractivity contribution in [2.45, 2.75) is 32.7 Å². The van der Waals surface area contributed by atoms with E-state index in [2.05, 4.69) is 42.7 Å². The van der Waals surface area contributed by atoms with E-state index in [-0.39, 0.29) is 11.8 Å². The second-order valence-corrected chi connectivity index (χ2v) is 6.94. The first-order valence-corrected chi connectivity index (χ1v) is 8.10. The molecule has 2 heterocycles. The lowest BCUT2D eigenvalue weighted by Gasteiger charge is -2.10. The Labute approximate surface area is 129 Å². The van der Waals surface area contributed by atoms with Crippen LogP contribution >= 0.6 is 11.3 Å². The smallest absolute Gasteiger partial charge is 0.220 e. The van der Waals surface area contributed by atoms with Gasteiger partial charge in [-0.05, 0) is 37.1 Å². The number of carbonyl (C=O) groups is 1. The standard InChI is InChI=1S/C17H20N2OS/c1-11-7-14(21-12(11)2)10-19-17(20)8-13-9-18-16-6-4-3-5-15(13)16/h3-7,13,18H,8-10H2,1-2H3,(H,19,20). The van der Waals surface area contributed by atoms with Gasteiger partial charge in [-0.3, -0.25) is 4.79 Å². The summed E-state index contributed by atoms with van der Waals surface area (Å²) in [7, 11) is 0. The number of hydrogen-bond donors (Lipinski definition) is 2. The van der Waals surface area contributed by atoms with Crippen molar-refractivity contribution in [3.05, 3.63) is 51.2 Å². The minimum atomic E-state index is 0.127. The summed E-state index contributed by atoms with van der Waals surface area (Å²) in [5.41, 5.74) is 3.73. The highest BCUT2D eigenvalue weighted by Crippen LogP contribution is 2.33. The quantitative estimate of drug-likeness (QED) is 0.906. The van der Waals surface area contributed by atoms with Crippen LogP contribution in [0.25, 0.3) is 0 Å². The molecule has 3 nitrogen and oxygen atoms in total. The minimum absolute atomic E-state index is 0.127. The van der Waals surface area contributed by atoms with Gasteiger partial charge in [-0.15, -0.1) is 11.3 Å².